The third-order valence-corrected chi connectivity index (χ3v) is 5.80. The number of morpholine rings is 1. The van der Waals surface area contributed by atoms with Gasteiger partial charge in [0.2, 0.25) is 5.91 Å². The fourth-order valence-electron chi connectivity index (χ4n) is 4.37. The van der Waals surface area contributed by atoms with Crippen molar-refractivity contribution in [1.82, 2.24) is 14.7 Å². The van der Waals surface area contributed by atoms with Crippen molar-refractivity contribution in [2.75, 3.05) is 52.5 Å². The van der Waals surface area contributed by atoms with Gasteiger partial charge in [-0.3, -0.25) is 14.5 Å². The van der Waals surface area contributed by atoms with E-state index in [0.29, 0.717) is 17.9 Å². The standard InChI is InChI=1S/C18H33N3O2.CH2O2/c1-15(2)21-14-16(3-4-18(21)22)13-19-7-5-17(6-8-19)20-9-11-23-12-10-20;2-1-3/h15-17H,3-14H2,1-2H3;1H,(H,2,3). The van der Waals surface area contributed by atoms with Crippen LogP contribution < -0.4 is 0 Å². The molecule has 150 valence electrons. The lowest BCUT2D eigenvalue weighted by atomic mass is 9.94. The highest BCUT2D eigenvalue weighted by molar-refractivity contribution is 5.77. The molecule has 0 spiro atoms. The molecule has 0 aromatic rings. The number of hydrogen-bond donors (Lipinski definition) is 1. The molecule has 0 aromatic heterocycles. The predicted molar refractivity (Wildman–Crippen MR) is 100 cm³/mol. The van der Waals surface area contributed by atoms with Gasteiger partial charge in [-0.2, -0.15) is 0 Å². The number of amides is 1. The van der Waals surface area contributed by atoms with Gasteiger partial charge in [-0.1, -0.05) is 0 Å². The minimum Gasteiger partial charge on any atom is -0.483 e. The summed E-state index contributed by atoms with van der Waals surface area (Å²) in [5.74, 6) is 1.01. The zero-order valence-electron chi connectivity index (χ0n) is 16.3. The lowest BCUT2D eigenvalue weighted by molar-refractivity contribution is -0.137. The van der Waals surface area contributed by atoms with Crippen LogP contribution in [-0.2, 0) is 14.3 Å². The summed E-state index contributed by atoms with van der Waals surface area (Å²) >= 11 is 0. The topological polar surface area (TPSA) is 73.3 Å². The van der Waals surface area contributed by atoms with Crippen molar-refractivity contribution in [2.45, 2.75) is 51.6 Å². The maximum absolute atomic E-state index is 12.0. The summed E-state index contributed by atoms with van der Waals surface area (Å²) in [5.41, 5.74) is 0. The Kier molecular flexibility index (Phi) is 8.81. The summed E-state index contributed by atoms with van der Waals surface area (Å²) < 4.78 is 5.47. The zero-order chi connectivity index (χ0) is 18.9. The minimum absolute atomic E-state index is 0.250. The Morgan fingerprint density at radius 2 is 1.77 bits per heavy atom. The normalized spacial score (nSPS) is 26.5. The van der Waals surface area contributed by atoms with Gasteiger partial charge in [-0.25, -0.2) is 0 Å². The van der Waals surface area contributed by atoms with E-state index in [0.717, 1.165) is 51.7 Å². The Morgan fingerprint density at radius 3 is 2.35 bits per heavy atom. The second-order valence-electron chi connectivity index (χ2n) is 7.83. The number of carboxylic acid groups (broad SMARTS) is 1. The molecule has 7 nitrogen and oxygen atoms in total. The summed E-state index contributed by atoms with van der Waals surface area (Å²) in [6, 6.07) is 1.10. The SMILES string of the molecule is CC(C)N1CC(CN2CCC(N3CCOCC3)CC2)CCC1=O.O=CO. The Labute approximate surface area is 157 Å². The monoisotopic (exact) mass is 369 g/mol. The van der Waals surface area contributed by atoms with E-state index in [1.807, 2.05) is 0 Å². The molecule has 1 N–H and O–H groups in total. The van der Waals surface area contributed by atoms with E-state index in [-0.39, 0.29) is 6.47 Å². The van der Waals surface area contributed by atoms with Crippen LogP contribution >= 0.6 is 0 Å². The van der Waals surface area contributed by atoms with Crippen molar-refractivity contribution in [3.05, 3.63) is 0 Å². The highest BCUT2D eigenvalue weighted by Crippen LogP contribution is 2.23. The maximum Gasteiger partial charge on any atom is 0.290 e. The van der Waals surface area contributed by atoms with Crippen LogP contribution in [0.2, 0.25) is 0 Å². The molecule has 0 saturated carbocycles. The van der Waals surface area contributed by atoms with Crippen LogP contribution in [0.15, 0.2) is 0 Å². The summed E-state index contributed by atoms with van der Waals surface area (Å²) in [6.07, 6.45) is 4.40. The number of rotatable bonds is 4. The molecular weight excluding hydrogens is 334 g/mol. The molecule has 3 fully saturated rings. The molecular formula is C19H35N3O4. The van der Waals surface area contributed by atoms with Crippen LogP contribution in [0.25, 0.3) is 0 Å². The van der Waals surface area contributed by atoms with Crippen LogP contribution in [0.4, 0.5) is 0 Å². The molecule has 0 bridgehead atoms. The zero-order valence-corrected chi connectivity index (χ0v) is 16.3. The number of carbonyl (C=O) groups is 2. The Balaban J connectivity index is 0.000000758. The second-order valence-corrected chi connectivity index (χ2v) is 7.83. The number of ether oxygens (including phenoxy) is 1. The smallest absolute Gasteiger partial charge is 0.290 e. The summed E-state index contributed by atoms with van der Waals surface area (Å²) in [5, 5.41) is 6.89. The first kappa shape index (κ1) is 21.1. The Hall–Kier alpha value is -1.18. The first-order valence-electron chi connectivity index (χ1n) is 9.96. The largest absolute Gasteiger partial charge is 0.483 e. The van der Waals surface area contributed by atoms with E-state index in [1.165, 1.54) is 32.5 Å². The fourth-order valence-corrected chi connectivity index (χ4v) is 4.37. The van der Waals surface area contributed by atoms with E-state index >= 15 is 0 Å². The molecule has 1 atom stereocenters. The third kappa shape index (κ3) is 6.21. The molecule has 1 amide bonds. The number of piperidine rings is 2. The highest BCUT2D eigenvalue weighted by atomic mass is 16.5. The number of likely N-dealkylation sites (tertiary alicyclic amines) is 2. The maximum atomic E-state index is 12.0. The summed E-state index contributed by atoms with van der Waals surface area (Å²) in [6.45, 7) is 12.6. The lowest BCUT2D eigenvalue weighted by Crippen LogP contribution is -2.51. The van der Waals surface area contributed by atoms with E-state index < -0.39 is 0 Å². The Morgan fingerprint density at radius 1 is 1.15 bits per heavy atom. The van der Waals surface area contributed by atoms with Gasteiger partial charge in [0, 0.05) is 44.7 Å². The quantitative estimate of drug-likeness (QED) is 0.749. The van der Waals surface area contributed by atoms with Crippen molar-refractivity contribution in [2.24, 2.45) is 5.92 Å². The van der Waals surface area contributed by atoms with Crippen molar-refractivity contribution in [3.8, 4) is 0 Å². The van der Waals surface area contributed by atoms with E-state index in [1.54, 1.807) is 0 Å². The van der Waals surface area contributed by atoms with Gasteiger partial charge < -0.3 is 19.6 Å². The van der Waals surface area contributed by atoms with Crippen LogP contribution in [0.3, 0.4) is 0 Å². The first-order chi connectivity index (χ1) is 12.5. The molecule has 3 saturated heterocycles. The number of hydrogen-bond acceptors (Lipinski definition) is 5. The van der Waals surface area contributed by atoms with Gasteiger partial charge >= 0.3 is 0 Å². The predicted octanol–water partition coefficient (Wildman–Crippen LogP) is 1.13. The van der Waals surface area contributed by atoms with Crippen LogP contribution in [0.5, 0.6) is 0 Å². The van der Waals surface area contributed by atoms with Crippen LogP contribution in [0, 0.1) is 5.92 Å². The first-order valence-corrected chi connectivity index (χ1v) is 9.96. The average molecular weight is 370 g/mol. The summed E-state index contributed by atoms with van der Waals surface area (Å²) in [7, 11) is 0. The van der Waals surface area contributed by atoms with Crippen molar-refractivity contribution in [1.29, 1.82) is 0 Å². The van der Waals surface area contributed by atoms with Gasteiger partial charge in [0.1, 0.15) is 0 Å². The third-order valence-electron chi connectivity index (χ3n) is 5.80. The van der Waals surface area contributed by atoms with E-state index in [9.17, 15) is 4.79 Å². The van der Waals surface area contributed by atoms with E-state index in [4.69, 9.17) is 14.6 Å². The molecule has 26 heavy (non-hydrogen) atoms. The Bertz CT molecular complexity index is 433. The fraction of sp³-hybridized carbons (Fsp3) is 0.895. The molecule has 1 unspecified atom stereocenters. The minimum atomic E-state index is -0.250. The van der Waals surface area contributed by atoms with Crippen molar-refractivity contribution < 1.29 is 19.4 Å². The molecule has 0 aliphatic carbocycles. The van der Waals surface area contributed by atoms with Crippen molar-refractivity contribution >= 4 is 12.4 Å². The molecule has 3 heterocycles. The average Bonchev–Trinajstić information content (AvgIpc) is 2.65. The van der Waals surface area contributed by atoms with Crippen LogP contribution in [0.1, 0.15) is 39.5 Å². The molecule has 0 aromatic carbocycles. The van der Waals surface area contributed by atoms with Gasteiger partial charge in [0.15, 0.2) is 0 Å². The second kappa shape index (κ2) is 10.8. The van der Waals surface area contributed by atoms with Gasteiger partial charge in [-0.05, 0) is 52.1 Å². The molecule has 3 aliphatic heterocycles. The lowest BCUT2D eigenvalue weighted by Gasteiger charge is -2.42. The molecule has 3 aliphatic rings. The van der Waals surface area contributed by atoms with Gasteiger partial charge in [0.25, 0.3) is 6.47 Å². The highest BCUT2D eigenvalue weighted by Gasteiger charge is 2.31. The molecule has 3 rings (SSSR count). The molecule has 7 heteroatoms. The van der Waals surface area contributed by atoms with Gasteiger partial charge in [-0.15, -0.1) is 0 Å². The number of carbonyl (C=O) groups excluding carboxylic acids is 1. The van der Waals surface area contributed by atoms with Gasteiger partial charge in [0.05, 0.1) is 13.2 Å². The number of nitrogens with zero attached hydrogens (tertiary/aromatic N) is 3. The van der Waals surface area contributed by atoms with Crippen LogP contribution in [-0.4, -0.2) is 96.8 Å². The molecule has 0 radical (unpaired) electrons. The van der Waals surface area contributed by atoms with E-state index in [2.05, 4.69) is 28.5 Å². The summed E-state index contributed by atoms with van der Waals surface area (Å²) in [4.78, 5) is 27.7. The van der Waals surface area contributed by atoms with Crippen molar-refractivity contribution in [3.63, 3.8) is 0 Å².